The number of carbonyl (C=O) groups excluding carboxylic acids is 1. The average molecular weight is 379 g/mol. The summed E-state index contributed by atoms with van der Waals surface area (Å²) in [6.07, 6.45) is 3.25. The molecule has 0 fully saturated rings. The fourth-order valence-electron chi connectivity index (χ4n) is 2.12. The van der Waals surface area contributed by atoms with Crippen LogP contribution in [-0.2, 0) is 6.54 Å². The number of ether oxygens (including phenoxy) is 1. The van der Waals surface area contributed by atoms with Gasteiger partial charge >= 0.3 is 0 Å². The van der Waals surface area contributed by atoms with Crippen LogP contribution in [0.2, 0.25) is 10.0 Å². The summed E-state index contributed by atoms with van der Waals surface area (Å²) in [4.78, 5) is 16.4. The molecule has 128 valence electrons. The van der Waals surface area contributed by atoms with Crippen LogP contribution in [0.3, 0.4) is 0 Å². The summed E-state index contributed by atoms with van der Waals surface area (Å²) in [5, 5.41) is 11.0. The Balaban J connectivity index is 1.74. The van der Waals surface area contributed by atoms with E-state index in [0.29, 0.717) is 11.5 Å². The molecule has 7 nitrogen and oxygen atoms in total. The van der Waals surface area contributed by atoms with Crippen LogP contribution in [0.4, 0.5) is 0 Å². The minimum atomic E-state index is -0.467. The number of benzene rings is 1. The number of aromatic nitrogens is 3. The maximum atomic E-state index is 12.4. The van der Waals surface area contributed by atoms with E-state index >= 15 is 0 Å². The van der Waals surface area contributed by atoms with Gasteiger partial charge in [-0.05, 0) is 24.3 Å². The van der Waals surface area contributed by atoms with E-state index in [0.717, 1.165) is 0 Å². The van der Waals surface area contributed by atoms with Crippen molar-refractivity contribution in [3.05, 3.63) is 58.2 Å². The average Bonchev–Trinajstić information content (AvgIpc) is 3.11. The molecule has 2 aromatic heterocycles. The van der Waals surface area contributed by atoms with Gasteiger partial charge < -0.3 is 14.5 Å². The van der Waals surface area contributed by atoms with Gasteiger partial charge in [0.05, 0.1) is 29.3 Å². The van der Waals surface area contributed by atoms with Crippen LogP contribution in [0.25, 0.3) is 11.5 Å². The molecule has 3 rings (SSSR count). The van der Waals surface area contributed by atoms with Crippen molar-refractivity contribution in [2.45, 2.75) is 6.54 Å². The predicted octanol–water partition coefficient (Wildman–Crippen LogP) is 3.38. The molecule has 0 saturated heterocycles. The highest BCUT2D eigenvalue weighted by Gasteiger charge is 2.20. The molecule has 1 aromatic carbocycles. The highest BCUT2D eigenvalue weighted by Crippen LogP contribution is 2.33. The standard InChI is InChI=1S/C16H12Cl2N4O3/c1-24-14-11(18)5-4-10(17)13(14)15(23)20-8-12-21-22-16(25-12)9-3-2-6-19-7-9/h2-7H,8H2,1H3,(H,20,23). The van der Waals surface area contributed by atoms with E-state index in [-0.39, 0.29) is 33.8 Å². The highest BCUT2D eigenvalue weighted by atomic mass is 35.5. The maximum absolute atomic E-state index is 12.4. The van der Waals surface area contributed by atoms with Crippen molar-refractivity contribution in [2.75, 3.05) is 7.11 Å². The quantitative estimate of drug-likeness (QED) is 0.731. The van der Waals surface area contributed by atoms with Gasteiger partial charge in [0.25, 0.3) is 5.91 Å². The second kappa shape index (κ2) is 7.50. The van der Waals surface area contributed by atoms with Gasteiger partial charge in [-0.25, -0.2) is 0 Å². The molecule has 0 spiro atoms. The van der Waals surface area contributed by atoms with Gasteiger partial charge in [-0.3, -0.25) is 9.78 Å². The fraction of sp³-hybridized carbons (Fsp3) is 0.125. The molecule has 3 aromatic rings. The Hall–Kier alpha value is -2.64. The largest absolute Gasteiger partial charge is 0.494 e. The number of nitrogens with one attached hydrogen (secondary N) is 1. The van der Waals surface area contributed by atoms with Crippen LogP contribution in [0.5, 0.6) is 5.75 Å². The van der Waals surface area contributed by atoms with E-state index in [1.165, 1.54) is 13.2 Å². The monoisotopic (exact) mass is 378 g/mol. The van der Waals surface area contributed by atoms with Gasteiger partial charge in [0.2, 0.25) is 11.8 Å². The summed E-state index contributed by atoms with van der Waals surface area (Å²) in [6, 6.07) is 6.63. The first kappa shape index (κ1) is 17.2. The van der Waals surface area contributed by atoms with Crippen molar-refractivity contribution in [1.29, 1.82) is 0 Å². The molecule has 2 heterocycles. The lowest BCUT2D eigenvalue weighted by Crippen LogP contribution is -2.24. The molecule has 0 aliphatic rings. The lowest BCUT2D eigenvalue weighted by Gasteiger charge is -2.11. The zero-order chi connectivity index (χ0) is 17.8. The molecule has 25 heavy (non-hydrogen) atoms. The number of hydrogen-bond acceptors (Lipinski definition) is 6. The van der Waals surface area contributed by atoms with Crippen LogP contribution in [0.1, 0.15) is 16.2 Å². The second-order valence-electron chi connectivity index (χ2n) is 4.86. The van der Waals surface area contributed by atoms with Gasteiger partial charge in [-0.2, -0.15) is 0 Å². The predicted molar refractivity (Wildman–Crippen MR) is 91.7 cm³/mol. The van der Waals surface area contributed by atoms with E-state index in [4.69, 9.17) is 32.4 Å². The molecule has 0 atom stereocenters. The first-order valence-electron chi connectivity index (χ1n) is 7.13. The number of methoxy groups -OCH3 is 1. The molecular weight excluding hydrogens is 367 g/mol. The molecule has 0 aliphatic heterocycles. The summed E-state index contributed by atoms with van der Waals surface area (Å²) in [7, 11) is 1.41. The number of nitrogens with zero attached hydrogens (tertiary/aromatic N) is 3. The molecule has 0 aliphatic carbocycles. The third kappa shape index (κ3) is 3.72. The Kier molecular flexibility index (Phi) is 5.16. The summed E-state index contributed by atoms with van der Waals surface area (Å²) >= 11 is 12.1. The summed E-state index contributed by atoms with van der Waals surface area (Å²) < 4.78 is 10.7. The summed E-state index contributed by atoms with van der Waals surface area (Å²) in [5.74, 6) is 0.291. The minimum Gasteiger partial charge on any atom is -0.494 e. The van der Waals surface area contributed by atoms with Crippen molar-refractivity contribution in [3.8, 4) is 17.2 Å². The normalized spacial score (nSPS) is 10.5. The van der Waals surface area contributed by atoms with Crippen molar-refractivity contribution in [1.82, 2.24) is 20.5 Å². The van der Waals surface area contributed by atoms with Gasteiger partial charge in [-0.1, -0.05) is 23.2 Å². The molecular formula is C16H12Cl2N4O3. The third-order valence-electron chi connectivity index (χ3n) is 3.27. The van der Waals surface area contributed by atoms with Crippen molar-refractivity contribution >= 4 is 29.1 Å². The zero-order valence-electron chi connectivity index (χ0n) is 13.0. The molecule has 0 radical (unpaired) electrons. The lowest BCUT2D eigenvalue weighted by molar-refractivity contribution is 0.0944. The lowest BCUT2D eigenvalue weighted by atomic mass is 10.2. The van der Waals surface area contributed by atoms with E-state index in [1.54, 1.807) is 30.6 Å². The Morgan fingerprint density at radius 3 is 2.76 bits per heavy atom. The number of rotatable bonds is 5. The summed E-state index contributed by atoms with van der Waals surface area (Å²) in [6.45, 7) is 0.0259. The fourth-order valence-corrected chi connectivity index (χ4v) is 2.59. The Labute approximate surface area is 152 Å². The number of hydrogen-bond donors (Lipinski definition) is 1. The van der Waals surface area contributed by atoms with E-state index in [2.05, 4.69) is 20.5 Å². The Bertz CT molecular complexity index is 900. The maximum Gasteiger partial charge on any atom is 0.257 e. The Morgan fingerprint density at radius 2 is 2.04 bits per heavy atom. The van der Waals surface area contributed by atoms with Gasteiger partial charge in [0.15, 0.2) is 5.75 Å². The van der Waals surface area contributed by atoms with Crippen molar-refractivity contribution in [2.24, 2.45) is 0 Å². The molecule has 1 N–H and O–H groups in total. The summed E-state index contributed by atoms with van der Waals surface area (Å²) in [5.41, 5.74) is 0.829. The van der Waals surface area contributed by atoms with Gasteiger partial charge in [-0.15, -0.1) is 10.2 Å². The highest BCUT2D eigenvalue weighted by molar-refractivity contribution is 6.37. The van der Waals surface area contributed by atoms with Crippen LogP contribution >= 0.6 is 23.2 Å². The van der Waals surface area contributed by atoms with Crippen molar-refractivity contribution < 1.29 is 13.9 Å². The number of pyridine rings is 1. The molecule has 9 heteroatoms. The van der Waals surface area contributed by atoms with E-state index in [1.807, 2.05) is 0 Å². The van der Waals surface area contributed by atoms with Crippen LogP contribution in [0.15, 0.2) is 41.1 Å². The first-order valence-corrected chi connectivity index (χ1v) is 7.88. The van der Waals surface area contributed by atoms with E-state index in [9.17, 15) is 4.79 Å². The number of amides is 1. The van der Waals surface area contributed by atoms with Gasteiger partial charge in [0.1, 0.15) is 5.56 Å². The molecule has 0 unspecified atom stereocenters. The SMILES string of the molecule is COc1c(Cl)ccc(Cl)c1C(=O)NCc1nnc(-c2cccnc2)o1. The number of halogens is 2. The third-order valence-corrected chi connectivity index (χ3v) is 3.88. The van der Waals surface area contributed by atoms with Crippen molar-refractivity contribution in [3.63, 3.8) is 0 Å². The first-order chi connectivity index (χ1) is 12.1. The smallest absolute Gasteiger partial charge is 0.257 e. The molecule has 0 bridgehead atoms. The molecule has 1 amide bonds. The van der Waals surface area contributed by atoms with Crippen LogP contribution < -0.4 is 10.1 Å². The second-order valence-corrected chi connectivity index (χ2v) is 5.68. The molecule has 0 saturated carbocycles. The van der Waals surface area contributed by atoms with Crippen LogP contribution in [0, 0.1) is 0 Å². The van der Waals surface area contributed by atoms with Gasteiger partial charge in [0, 0.05) is 12.4 Å². The topological polar surface area (TPSA) is 90.1 Å². The Morgan fingerprint density at radius 1 is 1.24 bits per heavy atom. The number of carbonyl (C=O) groups is 1. The zero-order valence-corrected chi connectivity index (χ0v) is 14.5. The van der Waals surface area contributed by atoms with Crippen LogP contribution in [-0.4, -0.2) is 28.2 Å². The minimum absolute atomic E-state index is 0.0259. The van der Waals surface area contributed by atoms with E-state index < -0.39 is 5.91 Å².